The zero-order valence-corrected chi connectivity index (χ0v) is 12.7. The van der Waals surface area contributed by atoms with E-state index in [1.165, 1.54) is 5.56 Å². The van der Waals surface area contributed by atoms with Gasteiger partial charge in [-0.15, -0.1) is 0 Å². The Labute approximate surface area is 126 Å². The van der Waals surface area contributed by atoms with E-state index in [0.717, 1.165) is 12.8 Å². The maximum Gasteiger partial charge on any atom is 0.323 e. The Morgan fingerprint density at radius 1 is 1.29 bits per heavy atom. The molecule has 0 unspecified atom stereocenters. The molecule has 4 atom stereocenters. The van der Waals surface area contributed by atoms with Crippen LogP contribution in [0.25, 0.3) is 0 Å². The van der Waals surface area contributed by atoms with Gasteiger partial charge in [-0.25, -0.2) is 0 Å². The molecule has 0 aromatic heterocycles. The third-order valence-electron chi connectivity index (χ3n) is 4.74. The number of benzene rings is 1. The Morgan fingerprint density at radius 2 is 2.05 bits per heavy atom. The Balaban J connectivity index is 1.90. The van der Waals surface area contributed by atoms with Crippen molar-refractivity contribution in [1.29, 1.82) is 0 Å². The summed E-state index contributed by atoms with van der Waals surface area (Å²) < 4.78 is 5.34. The fourth-order valence-corrected chi connectivity index (χ4v) is 3.72. The van der Waals surface area contributed by atoms with Crippen LogP contribution in [0.3, 0.4) is 0 Å². The van der Waals surface area contributed by atoms with Gasteiger partial charge in [-0.3, -0.25) is 9.69 Å². The van der Waals surface area contributed by atoms with Crippen LogP contribution in [0.1, 0.15) is 38.3 Å². The molecule has 0 radical (unpaired) electrons. The molecule has 1 aromatic carbocycles. The van der Waals surface area contributed by atoms with Gasteiger partial charge in [0.05, 0.1) is 6.61 Å². The number of ether oxygens (including phenoxy) is 1. The first-order valence-electron chi connectivity index (χ1n) is 7.89. The molecule has 0 N–H and O–H groups in total. The summed E-state index contributed by atoms with van der Waals surface area (Å²) in [5, 5.41) is 0. The fourth-order valence-electron chi connectivity index (χ4n) is 3.72. The lowest BCUT2D eigenvalue weighted by Crippen LogP contribution is -2.57. The van der Waals surface area contributed by atoms with Gasteiger partial charge < -0.3 is 4.74 Å². The van der Waals surface area contributed by atoms with Gasteiger partial charge in [0.15, 0.2) is 0 Å². The molecule has 21 heavy (non-hydrogen) atoms. The van der Waals surface area contributed by atoms with Gasteiger partial charge in [-0.05, 0) is 32.3 Å². The van der Waals surface area contributed by atoms with Crippen molar-refractivity contribution in [2.45, 2.75) is 44.8 Å². The molecule has 1 saturated heterocycles. The summed E-state index contributed by atoms with van der Waals surface area (Å²) in [5.74, 6) is 0.222. The molecular weight excluding hydrogens is 262 g/mol. The summed E-state index contributed by atoms with van der Waals surface area (Å²) >= 11 is 0. The van der Waals surface area contributed by atoms with E-state index in [1.807, 2.05) is 13.0 Å². The van der Waals surface area contributed by atoms with Crippen LogP contribution >= 0.6 is 0 Å². The molecule has 0 spiro atoms. The summed E-state index contributed by atoms with van der Waals surface area (Å²) in [4.78, 5) is 14.8. The van der Waals surface area contributed by atoms with Crippen LogP contribution in [0.15, 0.2) is 42.5 Å². The number of carbonyl (C=O) groups is 1. The summed E-state index contributed by atoms with van der Waals surface area (Å²) in [6.07, 6.45) is 6.70. The van der Waals surface area contributed by atoms with Crippen molar-refractivity contribution in [1.82, 2.24) is 4.90 Å². The van der Waals surface area contributed by atoms with Gasteiger partial charge in [0.2, 0.25) is 0 Å². The average molecular weight is 285 g/mol. The van der Waals surface area contributed by atoms with Crippen LogP contribution in [-0.4, -0.2) is 29.6 Å². The average Bonchev–Trinajstić information content (AvgIpc) is 2.55. The number of nitrogens with zero attached hydrogens (tertiary/aromatic N) is 1. The maximum absolute atomic E-state index is 12.4. The van der Waals surface area contributed by atoms with E-state index < -0.39 is 0 Å². The number of fused-ring (bicyclic) bond motifs is 2. The number of hydrogen-bond acceptors (Lipinski definition) is 3. The van der Waals surface area contributed by atoms with Crippen molar-refractivity contribution < 1.29 is 9.53 Å². The molecular formula is C18H23NO2. The highest BCUT2D eigenvalue weighted by atomic mass is 16.5. The molecule has 3 nitrogen and oxygen atoms in total. The minimum Gasteiger partial charge on any atom is -0.465 e. The molecule has 1 aliphatic carbocycles. The molecule has 2 heterocycles. The summed E-state index contributed by atoms with van der Waals surface area (Å²) in [7, 11) is 0. The first-order valence-corrected chi connectivity index (χ1v) is 7.89. The van der Waals surface area contributed by atoms with Gasteiger partial charge >= 0.3 is 5.97 Å². The number of rotatable bonds is 4. The van der Waals surface area contributed by atoms with Crippen molar-refractivity contribution in [2.24, 2.45) is 5.92 Å². The summed E-state index contributed by atoms with van der Waals surface area (Å²) in [6, 6.07) is 10.9. The van der Waals surface area contributed by atoms with Gasteiger partial charge in [0.25, 0.3) is 0 Å². The molecule has 2 bridgehead atoms. The summed E-state index contributed by atoms with van der Waals surface area (Å²) in [6.45, 7) is 4.51. The lowest BCUT2D eigenvalue weighted by molar-refractivity contribution is -0.156. The van der Waals surface area contributed by atoms with Crippen molar-refractivity contribution >= 4 is 5.97 Å². The monoisotopic (exact) mass is 285 g/mol. The predicted molar refractivity (Wildman–Crippen MR) is 82.8 cm³/mol. The highest BCUT2D eigenvalue weighted by Gasteiger charge is 2.45. The van der Waals surface area contributed by atoms with Crippen molar-refractivity contribution in [3.05, 3.63) is 48.0 Å². The largest absolute Gasteiger partial charge is 0.465 e. The molecule has 3 aliphatic rings. The van der Waals surface area contributed by atoms with E-state index in [0.29, 0.717) is 18.6 Å². The van der Waals surface area contributed by atoms with Crippen molar-refractivity contribution in [3.8, 4) is 0 Å². The van der Waals surface area contributed by atoms with Crippen molar-refractivity contribution in [3.63, 3.8) is 0 Å². The Kier molecular flexibility index (Phi) is 4.11. The number of hydrogen-bond donors (Lipinski definition) is 0. The van der Waals surface area contributed by atoms with E-state index in [-0.39, 0.29) is 18.1 Å². The molecule has 3 heteroatoms. The minimum atomic E-state index is -0.135. The molecule has 1 fully saturated rings. The predicted octanol–water partition coefficient (Wildman–Crippen LogP) is 3.33. The molecule has 2 aliphatic heterocycles. The van der Waals surface area contributed by atoms with Crippen molar-refractivity contribution in [2.75, 3.05) is 6.61 Å². The van der Waals surface area contributed by atoms with E-state index in [4.69, 9.17) is 4.74 Å². The molecule has 4 rings (SSSR count). The zero-order chi connectivity index (χ0) is 14.8. The second-order valence-corrected chi connectivity index (χ2v) is 5.92. The molecule has 1 aromatic rings. The topological polar surface area (TPSA) is 29.5 Å². The molecule has 0 saturated carbocycles. The fraction of sp³-hybridized carbons (Fsp3) is 0.500. The number of carbonyl (C=O) groups excluding carboxylic acids is 1. The Morgan fingerprint density at radius 3 is 2.67 bits per heavy atom. The third kappa shape index (κ3) is 2.62. The minimum absolute atomic E-state index is 0.0701. The standard InChI is InChI=1S/C18H23NO2/c1-3-21-18(20)17-15-9-11-16(12-10-15)19(17)13(2)14-7-5-4-6-8-14/h4-9,11,13,15-17H,3,10,12H2,1-2H3/t13-,15+,16-,17+/m0/s1. The van der Waals surface area contributed by atoms with E-state index in [1.54, 1.807) is 0 Å². The zero-order valence-electron chi connectivity index (χ0n) is 12.7. The normalized spacial score (nSPS) is 29.3. The smallest absolute Gasteiger partial charge is 0.323 e. The van der Waals surface area contributed by atoms with E-state index >= 15 is 0 Å². The first-order chi connectivity index (χ1) is 10.2. The van der Waals surface area contributed by atoms with Gasteiger partial charge in [0.1, 0.15) is 6.04 Å². The highest BCUT2D eigenvalue weighted by Crippen LogP contribution is 2.40. The number of piperidine rings is 1. The Bertz CT molecular complexity index is 525. The van der Waals surface area contributed by atoms with E-state index in [9.17, 15) is 4.79 Å². The molecule has 112 valence electrons. The lowest BCUT2D eigenvalue weighted by Gasteiger charge is -2.49. The van der Waals surface area contributed by atoms with Crippen LogP contribution < -0.4 is 0 Å². The van der Waals surface area contributed by atoms with Crippen LogP contribution in [0.4, 0.5) is 0 Å². The van der Waals surface area contributed by atoms with Crippen LogP contribution in [-0.2, 0) is 9.53 Å². The summed E-state index contributed by atoms with van der Waals surface area (Å²) in [5.41, 5.74) is 1.26. The second kappa shape index (κ2) is 6.02. The van der Waals surface area contributed by atoms with Crippen LogP contribution in [0.2, 0.25) is 0 Å². The third-order valence-corrected chi connectivity index (χ3v) is 4.74. The Hall–Kier alpha value is -1.61. The van der Waals surface area contributed by atoms with Gasteiger partial charge in [-0.2, -0.15) is 0 Å². The second-order valence-electron chi connectivity index (χ2n) is 5.92. The lowest BCUT2D eigenvalue weighted by atomic mass is 9.78. The first kappa shape index (κ1) is 14.3. The maximum atomic E-state index is 12.4. The van der Waals surface area contributed by atoms with Gasteiger partial charge in [-0.1, -0.05) is 42.5 Å². The van der Waals surface area contributed by atoms with Gasteiger partial charge in [0, 0.05) is 18.0 Å². The van der Waals surface area contributed by atoms with E-state index in [2.05, 4.69) is 48.2 Å². The highest BCUT2D eigenvalue weighted by molar-refractivity contribution is 5.77. The number of esters is 1. The molecule has 0 amide bonds. The van der Waals surface area contributed by atoms with Crippen LogP contribution in [0, 0.1) is 5.92 Å². The van der Waals surface area contributed by atoms with Crippen LogP contribution in [0.5, 0.6) is 0 Å². The quantitative estimate of drug-likeness (QED) is 0.628. The SMILES string of the molecule is CCOC(=O)[C@H]1[C@@H]2C=C[C@@H](CC2)N1[C@@H](C)c1ccccc1.